The van der Waals surface area contributed by atoms with Gasteiger partial charge in [-0.3, -0.25) is 4.68 Å². The summed E-state index contributed by atoms with van der Waals surface area (Å²) >= 11 is 0. The van der Waals surface area contributed by atoms with Crippen molar-refractivity contribution in [3.05, 3.63) is 24.0 Å². The zero-order valence-corrected chi connectivity index (χ0v) is 13.8. The minimum Gasteiger partial charge on any atom is -0.473 e. The molecule has 0 radical (unpaired) electrons. The van der Waals surface area contributed by atoms with E-state index in [1.165, 1.54) is 0 Å². The van der Waals surface area contributed by atoms with Crippen LogP contribution >= 0.6 is 0 Å². The second-order valence-corrected chi connectivity index (χ2v) is 7.15. The van der Waals surface area contributed by atoms with Crippen molar-refractivity contribution < 1.29 is 4.74 Å². The lowest BCUT2D eigenvalue weighted by Gasteiger charge is -2.20. The van der Waals surface area contributed by atoms with E-state index in [1.54, 1.807) is 4.68 Å². The van der Waals surface area contributed by atoms with Crippen molar-refractivity contribution in [1.29, 1.82) is 0 Å². The molecule has 2 N–H and O–H groups in total. The summed E-state index contributed by atoms with van der Waals surface area (Å²) in [4.78, 5) is 0. The van der Waals surface area contributed by atoms with E-state index in [9.17, 15) is 0 Å². The average Bonchev–Trinajstić information content (AvgIpc) is 3.09. The Kier molecular flexibility index (Phi) is 3.62. The van der Waals surface area contributed by atoms with Crippen LogP contribution in [0.15, 0.2) is 18.3 Å². The Morgan fingerprint density at radius 3 is 2.64 bits per heavy atom. The fourth-order valence-electron chi connectivity index (χ4n) is 3.09. The normalized spacial score (nSPS) is 22.2. The molecule has 1 aliphatic carbocycles. The maximum atomic E-state index is 6.11. The Morgan fingerprint density at radius 1 is 1.27 bits per heavy atom. The molecule has 2 aromatic heterocycles. The number of rotatable bonds is 3. The van der Waals surface area contributed by atoms with Gasteiger partial charge < -0.3 is 10.5 Å². The minimum absolute atomic E-state index is 0.0925. The predicted octanol–water partition coefficient (Wildman–Crippen LogP) is 2.67. The lowest BCUT2D eigenvalue weighted by molar-refractivity contribution is 0.197. The fraction of sp³-hybridized carbons (Fsp3) is 0.625. The molecule has 22 heavy (non-hydrogen) atoms. The SMILES string of the molecule is Cn1ccc(O[C@@H]2CC[C@H](c3cc(N)n(C(C)(C)C)n3)C2)n1. The average molecular weight is 303 g/mol. The van der Waals surface area contributed by atoms with Crippen molar-refractivity contribution in [2.24, 2.45) is 7.05 Å². The van der Waals surface area contributed by atoms with E-state index >= 15 is 0 Å². The van der Waals surface area contributed by atoms with Gasteiger partial charge in [-0.25, -0.2) is 4.68 Å². The maximum absolute atomic E-state index is 6.11. The third-order valence-electron chi connectivity index (χ3n) is 4.17. The number of nitrogens with two attached hydrogens (primary N) is 1. The fourth-order valence-corrected chi connectivity index (χ4v) is 3.09. The number of anilines is 1. The summed E-state index contributed by atoms with van der Waals surface area (Å²) in [5, 5.41) is 9.00. The second-order valence-electron chi connectivity index (χ2n) is 7.15. The van der Waals surface area contributed by atoms with Gasteiger partial charge in [-0.15, -0.1) is 5.10 Å². The smallest absolute Gasteiger partial charge is 0.232 e. The molecule has 2 atom stereocenters. The van der Waals surface area contributed by atoms with Crippen molar-refractivity contribution in [3.8, 4) is 5.88 Å². The largest absolute Gasteiger partial charge is 0.473 e. The number of hydrogen-bond acceptors (Lipinski definition) is 4. The molecule has 120 valence electrons. The van der Waals surface area contributed by atoms with E-state index in [4.69, 9.17) is 15.6 Å². The first kappa shape index (κ1) is 14.9. The third kappa shape index (κ3) is 2.96. The molecule has 0 spiro atoms. The van der Waals surface area contributed by atoms with E-state index in [0.29, 0.717) is 11.8 Å². The van der Waals surface area contributed by atoms with E-state index in [1.807, 2.05) is 30.1 Å². The molecule has 0 aromatic carbocycles. The van der Waals surface area contributed by atoms with E-state index in [-0.39, 0.29) is 11.6 Å². The second kappa shape index (κ2) is 5.34. The molecule has 0 bridgehead atoms. The van der Waals surface area contributed by atoms with Crippen molar-refractivity contribution >= 4 is 5.82 Å². The van der Waals surface area contributed by atoms with Gasteiger partial charge in [0.15, 0.2) is 0 Å². The minimum atomic E-state index is -0.0925. The van der Waals surface area contributed by atoms with Gasteiger partial charge in [-0.05, 0) is 40.0 Å². The summed E-state index contributed by atoms with van der Waals surface area (Å²) in [7, 11) is 1.90. The Labute approximate surface area is 131 Å². The topological polar surface area (TPSA) is 70.9 Å². The van der Waals surface area contributed by atoms with Crippen LogP contribution in [0.1, 0.15) is 51.6 Å². The van der Waals surface area contributed by atoms with Gasteiger partial charge in [0.1, 0.15) is 11.9 Å². The van der Waals surface area contributed by atoms with Crippen LogP contribution in [0.4, 0.5) is 5.82 Å². The lowest BCUT2D eigenvalue weighted by atomic mass is 10.0. The molecule has 0 amide bonds. The number of aryl methyl sites for hydroxylation is 1. The van der Waals surface area contributed by atoms with Gasteiger partial charge in [0.05, 0.1) is 11.2 Å². The molecular formula is C16H25N5O. The summed E-state index contributed by atoms with van der Waals surface area (Å²) < 4.78 is 9.62. The first-order valence-corrected chi connectivity index (χ1v) is 7.85. The van der Waals surface area contributed by atoms with E-state index < -0.39 is 0 Å². The van der Waals surface area contributed by atoms with Gasteiger partial charge in [0.25, 0.3) is 0 Å². The summed E-state index contributed by atoms with van der Waals surface area (Å²) in [6.45, 7) is 6.34. The summed E-state index contributed by atoms with van der Waals surface area (Å²) in [5.74, 6) is 1.85. The van der Waals surface area contributed by atoms with Crippen molar-refractivity contribution in [1.82, 2.24) is 19.6 Å². The summed E-state index contributed by atoms with van der Waals surface area (Å²) in [6.07, 6.45) is 5.19. The molecule has 3 rings (SSSR count). The Balaban J connectivity index is 1.68. The molecule has 6 nitrogen and oxygen atoms in total. The highest BCUT2D eigenvalue weighted by Crippen LogP contribution is 2.37. The molecule has 1 saturated carbocycles. The number of aromatic nitrogens is 4. The van der Waals surface area contributed by atoms with Crippen LogP contribution in [0.25, 0.3) is 0 Å². The lowest BCUT2D eigenvalue weighted by Crippen LogP contribution is -2.24. The molecule has 2 heterocycles. The Hall–Kier alpha value is -1.98. The van der Waals surface area contributed by atoms with Gasteiger partial charge in [-0.2, -0.15) is 5.10 Å². The van der Waals surface area contributed by atoms with Gasteiger partial charge in [-0.1, -0.05) is 0 Å². The number of hydrogen-bond donors (Lipinski definition) is 1. The Morgan fingerprint density at radius 2 is 2.05 bits per heavy atom. The molecule has 0 aliphatic heterocycles. The maximum Gasteiger partial charge on any atom is 0.232 e. The summed E-state index contributed by atoms with van der Waals surface area (Å²) in [5.41, 5.74) is 7.10. The molecule has 6 heteroatoms. The first-order chi connectivity index (χ1) is 10.3. The Bertz CT molecular complexity index is 652. The van der Waals surface area contributed by atoms with Gasteiger partial charge in [0, 0.05) is 31.3 Å². The molecular weight excluding hydrogens is 278 g/mol. The molecule has 1 fully saturated rings. The summed E-state index contributed by atoms with van der Waals surface area (Å²) in [6, 6.07) is 3.92. The predicted molar refractivity (Wildman–Crippen MR) is 85.9 cm³/mol. The van der Waals surface area contributed by atoms with Crippen molar-refractivity contribution in [3.63, 3.8) is 0 Å². The van der Waals surface area contributed by atoms with Gasteiger partial charge >= 0.3 is 0 Å². The van der Waals surface area contributed by atoms with Crippen molar-refractivity contribution in [2.45, 2.75) is 57.6 Å². The van der Waals surface area contributed by atoms with Crippen LogP contribution in [0.2, 0.25) is 0 Å². The van der Waals surface area contributed by atoms with Crippen LogP contribution in [-0.2, 0) is 12.6 Å². The number of nitrogen functional groups attached to an aromatic ring is 1. The van der Waals surface area contributed by atoms with Crippen LogP contribution in [0, 0.1) is 0 Å². The third-order valence-corrected chi connectivity index (χ3v) is 4.17. The highest BCUT2D eigenvalue weighted by molar-refractivity contribution is 5.34. The number of nitrogens with zero attached hydrogens (tertiary/aromatic N) is 4. The van der Waals surface area contributed by atoms with E-state index in [0.717, 1.165) is 30.8 Å². The van der Waals surface area contributed by atoms with Crippen LogP contribution < -0.4 is 10.5 Å². The van der Waals surface area contributed by atoms with Crippen molar-refractivity contribution in [2.75, 3.05) is 5.73 Å². The molecule has 0 unspecified atom stereocenters. The quantitative estimate of drug-likeness (QED) is 0.946. The van der Waals surface area contributed by atoms with Gasteiger partial charge in [0.2, 0.25) is 5.88 Å². The molecule has 0 saturated heterocycles. The number of ether oxygens (including phenoxy) is 1. The molecule has 2 aromatic rings. The molecule has 1 aliphatic rings. The van der Waals surface area contributed by atoms with Crippen LogP contribution in [-0.4, -0.2) is 25.7 Å². The zero-order valence-electron chi connectivity index (χ0n) is 13.8. The first-order valence-electron chi connectivity index (χ1n) is 7.85. The highest BCUT2D eigenvalue weighted by Gasteiger charge is 2.31. The van der Waals surface area contributed by atoms with Crippen LogP contribution in [0.5, 0.6) is 5.88 Å². The van der Waals surface area contributed by atoms with Crippen LogP contribution in [0.3, 0.4) is 0 Å². The zero-order chi connectivity index (χ0) is 15.9. The highest BCUT2D eigenvalue weighted by atomic mass is 16.5. The van der Waals surface area contributed by atoms with E-state index in [2.05, 4.69) is 25.9 Å². The monoisotopic (exact) mass is 303 g/mol. The standard InChI is InChI=1S/C16H25N5O/c1-16(2,3)21-14(17)10-13(18-21)11-5-6-12(9-11)22-15-7-8-20(4)19-15/h7-8,10-12H,5-6,9,17H2,1-4H3/t11-,12+/m0/s1.